The molecule has 34 heavy (non-hydrogen) atoms. The van der Waals surface area contributed by atoms with Gasteiger partial charge in [0.2, 0.25) is 0 Å². The van der Waals surface area contributed by atoms with E-state index in [0.29, 0.717) is 6.42 Å². The maximum absolute atomic E-state index is 12.9. The van der Waals surface area contributed by atoms with Gasteiger partial charge < -0.3 is 9.08 Å². The van der Waals surface area contributed by atoms with Crippen molar-refractivity contribution in [2.45, 2.75) is 31.6 Å². The number of aromatic nitrogens is 4. The summed E-state index contributed by atoms with van der Waals surface area (Å²) >= 11 is -1.23. The molecule has 0 amide bonds. The number of aromatic amines is 1. The molecule has 5 aromatic rings. The number of nitrogens with one attached hydrogen (secondary N) is 2. The van der Waals surface area contributed by atoms with Gasteiger partial charge in [0.15, 0.2) is 5.58 Å². The zero-order chi connectivity index (χ0) is 23.5. The van der Waals surface area contributed by atoms with Gasteiger partial charge in [-0.1, -0.05) is 47.6 Å². The topological polar surface area (TPSA) is 103 Å². The van der Waals surface area contributed by atoms with Crippen molar-refractivity contribution in [3.8, 4) is 22.5 Å². The van der Waals surface area contributed by atoms with Crippen LogP contribution in [0.1, 0.15) is 31.1 Å². The number of para-hydroxylation sites is 1. The molecular formula is C26H25N5O2S. The van der Waals surface area contributed by atoms with E-state index in [2.05, 4.69) is 20.1 Å². The predicted octanol–water partition coefficient (Wildman–Crippen LogP) is 5.23. The fourth-order valence-corrected chi connectivity index (χ4v) is 4.71. The molecule has 0 aliphatic carbocycles. The largest absolute Gasteiger partial charge is 0.598 e. The molecule has 0 saturated carbocycles. The van der Waals surface area contributed by atoms with Gasteiger partial charge in [0.25, 0.3) is 0 Å². The second-order valence-corrected chi connectivity index (χ2v) is 10.1. The van der Waals surface area contributed by atoms with Gasteiger partial charge in [-0.3, -0.25) is 10.1 Å². The van der Waals surface area contributed by atoms with Crippen molar-refractivity contribution in [3.05, 3.63) is 90.4 Å². The minimum atomic E-state index is -1.23. The second kappa shape index (κ2) is 9.80. The number of pyridine rings is 1. The van der Waals surface area contributed by atoms with Gasteiger partial charge in [-0.05, 0) is 43.7 Å². The summed E-state index contributed by atoms with van der Waals surface area (Å²) in [6, 6.07) is 21.5. The van der Waals surface area contributed by atoms with E-state index >= 15 is 0 Å². The van der Waals surface area contributed by atoms with E-state index in [1.54, 1.807) is 6.20 Å². The van der Waals surface area contributed by atoms with Gasteiger partial charge in [-0.25, -0.2) is 0 Å². The summed E-state index contributed by atoms with van der Waals surface area (Å²) in [5, 5.41) is 12.1. The summed E-state index contributed by atoms with van der Waals surface area (Å²) in [6.07, 6.45) is 4.12. The van der Waals surface area contributed by atoms with Crippen LogP contribution in [0.25, 0.3) is 33.5 Å². The summed E-state index contributed by atoms with van der Waals surface area (Å²) < 4.78 is 21.8. The van der Waals surface area contributed by atoms with Crippen molar-refractivity contribution in [2.24, 2.45) is 0 Å². The van der Waals surface area contributed by atoms with Crippen LogP contribution in [0.2, 0.25) is 0 Å². The molecule has 7 nitrogen and oxygen atoms in total. The molecule has 0 aliphatic rings. The monoisotopic (exact) mass is 471 g/mol. The van der Waals surface area contributed by atoms with Crippen LogP contribution in [0.5, 0.6) is 0 Å². The van der Waals surface area contributed by atoms with Gasteiger partial charge in [0.1, 0.15) is 10.9 Å². The van der Waals surface area contributed by atoms with Gasteiger partial charge in [-0.2, -0.15) is 5.10 Å². The van der Waals surface area contributed by atoms with Crippen molar-refractivity contribution < 1.29 is 9.08 Å². The lowest BCUT2D eigenvalue weighted by atomic mass is 9.94. The molecule has 0 radical (unpaired) electrons. The minimum Gasteiger partial charge on any atom is -0.598 e. The first-order chi connectivity index (χ1) is 16.6. The lowest BCUT2D eigenvalue weighted by molar-refractivity contribution is 0.459. The summed E-state index contributed by atoms with van der Waals surface area (Å²) in [5.41, 5.74) is 6.09. The Balaban J connectivity index is 1.56. The van der Waals surface area contributed by atoms with E-state index in [1.165, 1.54) is 0 Å². The number of rotatable bonds is 8. The summed E-state index contributed by atoms with van der Waals surface area (Å²) in [7, 11) is 0. The Morgan fingerprint density at radius 2 is 1.85 bits per heavy atom. The van der Waals surface area contributed by atoms with E-state index in [1.807, 2.05) is 86.8 Å². The molecule has 0 bridgehead atoms. The molecule has 3 heterocycles. The van der Waals surface area contributed by atoms with Gasteiger partial charge in [0.05, 0.1) is 17.9 Å². The van der Waals surface area contributed by atoms with Gasteiger partial charge in [-0.15, -0.1) is 4.72 Å². The van der Waals surface area contributed by atoms with Crippen LogP contribution in [0, 0.1) is 0 Å². The molecule has 0 fully saturated rings. The first-order valence-electron chi connectivity index (χ1n) is 11.2. The molecule has 0 spiro atoms. The van der Waals surface area contributed by atoms with Gasteiger partial charge >= 0.3 is 0 Å². The smallest absolute Gasteiger partial charge is 0.167 e. The lowest BCUT2D eigenvalue weighted by Crippen LogP contribution is -2.35. The Morgan fingerprint density at radius 1 is 1.03 bits per heavy atom. The SMILES string of the molecule is CC(C)[S@+]([O-])NC(Cc1cccc(-c2cn[nH]c2)n1)c1ccccc1-c1noc2ccccc12. The Labute approximate surface area is 200 Å². The third kappa shape index (κ3) is 4.61. The highest BCUT2D eigenvalue weighted by Crippen LogP contribution is 2.34. The third-order valence-electron chi connectivity index (χ3n) is 5.67. The molecule has 2 N–H and O–H groups in total. The normalized spacial score (nSPS) is 13.4. The van der Waals surface area contributed by atoms with Crippen LogP contribution in [-0.2, 0) is 17.8 Å². The Hall–Kier alpha value is -3.46. The fourth-order valence-electron chi connectivity index (χ4n) is 3.94. The van der Waals surface area contributed by atoms with E-state index in [-0.39, 0.29) is 11.3 Å². The standard InChI is InChI=1S/C26H25N5O2S/c1-17(2)34(32)31-24(14-19-8-7-12-23(29-19)18-15-27-28-16-18)20-9-3-4-10-21(20)26-22-11-5-6-13-25(22)33-30-26/h3-13,15-17,24,31H,14H2,1-2H3,(H,27,28)/t24?,34-/m0/s1. The van der Waals surface area contributed by atoms with Crippen molar-refractivity contribution in [3.63, 3.8) is 0 Å². The molecule has 3 aromatic heterocycles. The molecule has 172 valence electrons. The van der Waals surface area contributed by atoms with Crippen LogP contribution < -0.4 is 4.72 Å². The molecule has 8 heteroatoms. The third-order valence-corrected chi connectivity index (χ3v) is 7.04. The maximum atomic E-state index is 12.9. The Bertz CT molecular complexity index is 1380. The zero-order valence-corrected chi connectivity index (χ0v) is 19.8. The van der Waals surface area contributed by atoms with E-state index in [0.717, 1.165) is 44.7 Å². The molecule has 5 rings (SSSR count). The summed E-state index contributed by atoms with van der Waals surface area (Å²) in [5.74, 6) is 0. The first kappa shape index (κ1) is 22.3. The van der Waals surface area contributed by atoms with Gasteiger partial charge in [0, 0.05) is 46.2 Å². The van der Waals surface area contributed by atoms with Crippen molar-refractivity contribution in [1.82, 2.24) is 25.1 Å². The average Bonchev–Trinajstić information content (AvgIpc) is 3.54. The zero-order valence-electron chi connectivity index (χ0n) is 18.9. The average molecular weight is 472 g/mol. The molecule has 0 aliphatic heterocycles. The Kier molecular flexibility index (Phi) is 6.44. The summed E-state index contributed by atoms with van der Waals surface area (Å²) in [6.45, 7) is 3.88. The van der Waals surface area contributed by atoms with Crippen molar-refractivity contribution >= 4 is 22.3 Å². The Morgan fingerprint density at radius 3 is 2.68 bits per heavy atom. The van der Waals surface area contributed by atoms with Crippen LogP contribution in [0.4, 0.5) is 0 Å². The molecule has 2 atom stereocenters. The van der Waals surface area contributed by atoms with E-state index in [9.17, 15) is 4.55 Å². The highest BCUT2D eigenvalue weighted by Gasteiger charge is 2.26. The summed E-state index contributed by atoms with van der Waals surface area (Å²) in [4.78, 5) is 4.84. The molecule has 1 unspecified atom stereocenters. The van der Waals surface area contributed by atoms with Crippen LogP contribution in [0.15, 0.2) is 83.6 Å². The molecule has 0 saturated heterocycles. The highest BCUT2D eigenvalue weighted by molar-refractivity contribution is 7.90. The minimum absolute atomic E-state index is 0.0345. The maximum Gasteiger partial charge on any atom is 0.167 e. The number of fused-ring (bicyclic) bond motifs is 1. The predicted molar refractivity (Wildman–Crippen MR) is 134 cm³/mol. The lowest BCUT2D eigenvalue weighted by Gasteiger charge is -2.24. The number of hydrogen-bond donors (Lipinski definition) is 2. The van der Waals surface area contributed by atoms with Crippen LogP contribution >= 0.6 is 0 Å². The quantitative estimate of drug-likeness (QED) is 0.301. The van der Waals surface area contributed by atoms with Crippen molar-refractivity contribution in [1.29, 1.82) is 0 Å². The van der Waals surface area contributed by atoms with Crippen molar-refractivity contribution in [2.75, 3.05) is 0 Å². The number of nitrogens with zero attached hydrogens (tertiary/aromatic N) is 3. The fraction of sp³-hybridized carbons (Fsp3) is 0.192. The van der Waals surface area contributed by atoms with E-state index < -0.39 is 11.4 Å². The molecule has 2 aromatic carbocycles. The molecular weight excluding hydrogens is 446 g/mol. The van der Waals surface area contributed by atoms with E-state index in [4.69, 9.17) is 9.51 Å². The highest BCUT2D eigenvalue weighted by atomic mass is 32.2. The number of hydrogen-bond acceptors (Lipinski definition) is 6. The second-order valence-electron chi connectivity index (χ2n) is 8.34. The van der Waals surface area contributed by atoms with Crippen LogP contribution in [0.3, 0.4) is 0 Å². The van der Waals surface area contributed by atoms with Crippen LogP contribution in [-0.4, -0.2) is 30.1 Å². The number of H-pyrrole nitrogens is 1. The number of benzene rings is 2. The first-order valence-corrected chi connectivity index (χ1v) is 12.4.